The highest BCUT2D eigenvalue weighted by atomic mass is 32.2. The molecule has 0 radical (unpaired) electrons. The third-order valence-corrected chi connectivity index (χ3v) is 7.02. The van der Waals surface area contributed by atoms with E-state index in [2.05, 4.69) is 11.4 Å². The molecule has 3 rings (SSSR count). The summed E-state index contributed by atoms with van der Waals surface area (Å²) < 4.78 is 26.3. The monoisotopic (exact) mass is 372 g/mol. The molecular formula is C20H24N2O3S. The summed E-state index contributed by atoms with van der Waals surface area (Å²) in [7, 11) is -0.624. The lowest BCUT2D eigenvalue weighted by Gasteiger charge is -2.18. The van der Waals surface area contributed by atoms with Crippen molar-refractivity contribution in [3.05, 3.63) is 64.2 Å². The zero-order valence-corrected chi connectivity index (χ0v) is 16.4. The van der Waals surface area contributed by atoms with Crippen molar-refractivity contribution < 1.29 is 13.2 Å². The molecule has 1 N–H and O–H groups in total. The second-order valence-corrected chi connectivity index (χ2v) is 9.09. The maximum atomic E-state index is 12.8. The van der Waals surface area contributed by atoms with Crippen molar-refractivity contribution in [1.82, 2.24) is 9.62 Å². The molecule has 1 atom stereocenters. The normalized spacial score (nSPS) is 16.6. The SMILES string of the molecule is Cc1cc(C(=O)NC2CCc3ccccc32)cc(S(=O)(=O)N(C)C)c1C. The minimum absolute atomic E-state index is 0.0331. The van der Waals surface area contributed by atoms with E-state index in [1.165, 1.54) is 30.0 Å². The zero-order chi connectivity index (χ0) is 19.1. The van der Waals surface area contributed by atoms with E-state index in [0.717, 1.165) is 24.0 Å². The number of sulfonamides is 1. The lowest BCUT2D eigenvalue weighted by molar-refractivity contribution is 0.0936. The van der Waals surface area contributed by atoms with Gasteiger partial charge in [0.1, 0.15) is 0 Å². The number of hydrogen-bond donors (Lipinski definition) is 1. The summed E-state index contributed by atoms with van der Waals surface area (Å²) in [5, 5.41) is 3.06. The van der Waals surface area contributed by atoms with Crippen LogP contribution in [-0.2, 0) is 16.4 Å². The van der Waals surface area contributed by atoms with E-state index in [-0.39, 0.29) is 16.8 Å². The predicted octanol–water partition coefficient (Wildman–Crippen LogP) is 2.97. The highest BCUT2D eigenvalue weighted by molar-refractivity contribution is 7.89. The number of fused-ring (bicyclic) bond motifs is 1. The Labute approximate surface area is 155 Å². The van der Waals surface area contributed by atoms with E-state index >= 15 is 0 Å². The fraction of sp³-hybridized carbons (Fsp3) is 0.350. The molecule has 1 amide bonds. The third-order valence-electron chi connectivity index (χ3n) is 5.08. The molecule has 0 heterocycles. The highest BCUT2D eigenvalue weighted by Crippen LogP contribution is 2.31. The van der Waals surface area contributed by atoms with Gasteiger partial charge in [-0.25, -0.2) is 12.7 Å². The molecule has 5 nitrogen and oxygen atoms in total. The summed E-state index contributed by atoms with van der Waals surface area (Å²) >= 11 is 0. The number of benzene rings is 2. The molecule has 1 aliphatic carbocycles. The molecule has 2 aromatic rings. The molecule has 1 unspecified atom stereocenters. The number of hydrogen-bond acceptors (Lipinski definition) is 3. The Kier molecular flexibility index (Phi) is 4.90. The van der Waals surface area contributed by atoms with Crippen LogP contribution in [0.25, 0.3) is 0 Å². The number of carbonyl (C=O) groups is 1. The van der Waals surface area contributed by atoms with Crippen molar-refractivity contribution in [2.45, 2.75) is 37.6 Å². The Bertz CT molecular complexity index is 965. The van der Waals surface area contributed by atoms with Crippen LogP contribution in [0.2, 0.25) is 0 Å². The van der Waals surface area contributed by atoms with Gasteiger partial charge in [-0.15, -0.1) is 0 Å². The Morgan fingerprint density at radius 1 is 1.15 bits per heavy atom. The van der Waals surface area contributed by atoms with Gasteiger partial charge < -0.3 is 5.32 Å². The maximum Gasteiger partial charge on any atom is 0.251 e. The Hall–Kier alpha value is -2.18. The van der Waals surface area contributed by atoms with Gasteiger partial charge in [0.25, 0.3) is 5.91 Å². The van der Waals surface area contributed by atoms with E-state index in [4.69, 9.17) is 0 Å². The summed E-state index contributed by atoms with van der Waals surface area (Å²) in [6.45, 7) is 3.59. The molecule has 0 bridgehead atoms. The van der Waals surface area contributed by atoms with Gasteiger partial charge in [0, 0.05) is 19.7 Å². The topological polar surface area (TPSA) is 66.5 Å². The predicted molar refractivity (Wildman–Crippen MR) is 102 cm³/mol. The second-order valence-electron chi connectivity index (χ2n) is 6.97. The minimum atomic E-state index is -3.61. The average Bonchev–Trinajstić information content (AvgIpc) is 3.00. The molecule has 138 valence electrons. The van der Waals surface area contributed by atoms with Crippen molar-refractivity contribution >= 4 is 15.9 Å². The quantitative estimate of drug-likeness (QED) is 0.897. The molecule has 0 fully saturated rings. The molecule has 0 saturated carbocycles. The van der Waals surface area contributed by atoms with Crippen LogP contribution < -0.4 is 5.32 Å². The van der Waals surface area contributed by atoms with E-state index in [1.54, 1.807) is 13.0 Å². The molecule has 1 aliphatic rings. The molecule has 0 spiro atoms. The van der Waals surface area contributed by atoms with E-state index in [0.29, 0.717) is 11.1 Å². The molecule has 6 heteroatoms. The summed E-state index contributed by atoms with van der Waals surface area (Å²) in [5.74, 6) is -0.245. The van der Waals surface area contributed by atoms with Gasteiger partial charge in [0.05, 0.1) is 10.9 Å². The number of amides is 1. The molecule has 26 heavy (non-hydrogen) atoms. The van der Waals surface area contributed by atoms with Crippen molar-refractivity contribution in [1.29, 1.82) is 0 Å². The van der Waals surface area contributed by atoms with Crippen molar-refractivity contribution in [2.75, 3.05) is 14.1 Å². The van der Waals surface area contributed by atoms with Crippen LogP contribution >= 0.6 is 0 Å². The Morgan fingerprint density at radius 2 is 1.85 bits per heavy atom. The number of nitrogens with zero attached hydrogens (tertiary/aromatic N) is 1. The van der Waals surface area contributed by atoms with E-state index in [1.807, 2.05) is 25.1 Å². The van der Waals surface area contributed by atoms with Crippen molar-refractivity contribution in [3.63, 3.8) is 0 Å². The first-order valence-electron chi connectivity index (χ1n) is 8.64. The van der Waals surface area contributed by atoms with Gasteiger partial charge in [-0.3, -0.25) is 4.79 Å². The third kappa shape index (κ3) is 3.27. The van der Waals surface area contributed by atoms with Crippen LogP contribution in [0, 0.1) is 13.8 Å². The smallest absolute Gasteiger partial charge is 0.251 e. The average molecular weight is 372 g/mol. The maximum absolute atomic E-state index is 12.8. The van der Waals surface area contributed by atoms with Crippen molar-refractivity contribution in [3.8, 4) is 0 Å². The van der Waals surface area contributed by atoms with Crippen LogP contribution in [0.5, 0.6) is 0 Å². The summed E-state index contributed by atoms with van der Waals surface area (Å²) in [5.41, 5.74) is 4.23. The first kappa shape index (κ1) is 18.6. The van der Waals surface area contributed by atoms with Gasteiger partial charge >= 0.3 is 0 Å². The fourth-order valence-corrected chi connectivity index (χ4v) is 4.59. The van der Waals surface area contributed by atoms with Gasteiger partial charge in [-0.05, 0) is 61.1 Å². The molecule has 2 aromatic carbocycles. The van der Waals surface area contributed by atoms with Crippen LogP contribution in [0.4, 0.5) is 0 Å². The lowest BCUT2D eigenvalue weighted by atomic mass is 10.0. The summed E-state index contributed by atoms with van der Waals surface area (Å²) in [4.78, 5) is 13.0. The molecule has 0 saturated heterocycles. The van der Waals surface area contributed by atoms with E-state index in [9.17, 15) is 13.2 Å². The Balaban J connectivity index is 1.93. The number of rotatable bonds is 4. The first-order chi connectivity index (χ1) is 12.2. The number of carbonyl (C=O) groups excluding carboxylic acids is 1. The Morgan fingerprint density at radius 3 is 2.54 bits per heavy atom. The van der Waals surface area contributed by atoms with Gasteiger partial charge in [0.2, 0.25) is 10.0 Å². The van der Waals surface area contributed by atoms with Gasteiger partial charge in [-0.1, -0.05) is 24.3 Å². The molecular weight excluding hydrogens is 348 g/mol. The fourth-order valence-electron chi connectivity index (χ4n) is 3.37. The number of nitrogens with one attached hydrogen (secondary N) is 1. The van der Waals surface area contributed by atoms with Gasteiger partial charge in [0.15, 0.2) is 0 Å². The minimum Gasteiger partial charge on any atom is -0.345 e. The lowest BCUT2D eigenvalue weighted by Crippen LogP contribution is -2.28. The van der Waals surface area contributed by atoms with E-state index < -0.39 is 10.0 Å². The van der Waals surface area contributed by atoms with Crippen molar-refractivity contribution in [2.24, 2.45) is 0 Å². The van der Waals surface area contributed by atoms with Crippen LogP contribution in [-0.4, -0.2) is 32.7 Å². The number of aryl methyl sites for hydroxylation is 2. The molecule has 0 aliphatic heterocycles. The first-order valence-corrected chi connectivity index (χ1v) is 10.1. The zero-order valence-electron chi connectivity index (χ0n) is 15.5. The molecule has 0 aromatic heterocycles. The van der Waals surface area contributed by atoms with Gasteiger partial charge in [-0.2, -0.15) is 0 Å². The van der Waals surface area contributed by atoms with Crippen LogP contribution in [0.1, 0.15) is 45.1 Å². The second kappa shape index (κ2) is 6.85. The summed E-state index contributed by atoms with van der Waals surface area (Å²) in [6.07, 6.45) is 1.80. The van der Waals surface area contributed by atoms with Crippen LogP contribution in [0.3, 0.4) is 0 Å². The largest absolute Gasteiger partial charge is 0.345 e. The van der Waals surface area contributed by atoms with Crippen LogP contribution in [0.15, 0.2) is 41.3 Å². The standard InChI is InChI=1S/C20H24N2O3S/c1-13-11-16(12-19(14(13)2)26(24,25)22(3)4)20(23)21-18-10-9-15-7-5-6-8-17(15)18/h5-8,11-12,18H,9-10H2,1-4H3,(H,21,23). The highest BCUT2D eigenvalue weighted by Gasteiger charge is 2.26. The summed E-state index contributed by atoms with van der Waals surface area (Å²) in [6, 6.07) is 11.3.